The van der Waals surface area contributed by atoms with E-state index in [1.54, 1.807) is 12.3 Å². The molecule has 2 rings (SSSR count). The lowest BCUT2D eigenvalue weighted by molar-refractivity contribution is -0.107. The first-order valence-corrected chi connectivity index (χ1v) is 4.38. The molecule has 0 saturated heterocycles. The van der Waals surface area contributed by atoms with Gasteiger partial charge in [-0.3, -0.25) is 4.98 Å². The molecule has 2 aromatic rings. The van der Waals surface area contributed by atoms with Crippen LogP contribution >= 0.6 is 0 Å². The number of anilines is 1. The molecular formula is C11H10N2O. The van der Waals surface area contributed by atoms with E-state index in [2.05, 4.69) is 4.98 Å². The molecule has 14 heavy (non-hydrogen) atoms. The fourth-order valence-electron chi connectivity index (χ4n) is 1.52. The first-order valence-electron chi connectivity index (χ1n) is 4.38. The number of rotatable bonds is 2. The summed E-state index contributed by atoms with van der Waals surface area (Å²) in [7, 11) is 0. The molecule has 1 aromatic carbocycles. The molecule has 0 aliphatic rings. The van der Waals surface area contributed by atoms with E-state index in [0.717, 1.165) is 22.8 Å². The summed E-state index contributed by atoms with van der Waals surface area (Å²) in [6.07, 6.45) is 2.97. The van der Waals surface area contributed by atoms with Gasteiger partial charge in [0, 0.05) is 18.0 Å². The predicted molar refractivity (Wildman–Crippen MR) is 55.9 cm³/mol. The quantitative estimate of drug-likeness (QED) is 0.572. The van der Waals surface area contributed by atoms with Gasteiger partial charge in [0.2, 0.25) is 0 Å². The summed E-state index contributed by atoms with van der Waals surface area (Å²) in [6, 6.07) is 7.45. The third kappa shape index (κ3) is 1.33. The zero-order chi connectivity index (χ0) is 9.97. The van der Waals surface area contributed by atoms with Crippen LogP contribution in [0.5, 0.6) is 0 Å². The highest BCUT2D eigenvalue weighted by atomic mass is 16.1. The van der Waals surface area contributed by atoms with Gasteiger partial charge in [-0.25, -0.2) is 0 Å². The Morgan fingerprint density at radius 1 is 1.36 bits per heavy atom. The zero-order valence-corrected chi connectivity index (χ0v) is 7.60. The van der Waals surface area contributed by atoms with Gasteiger partial charge in [-0.2, -0.15) is 0 Å². The third-order valence-electron chi connectivity index (χ3n) is 2.20. The molecule has 0 fully saturated rings. The number of fused-ring (bicyclic) bond motifs is 1. The van der Waals surface area contributed by atoms with Crippen LogP contribution in [0.1, 0.15) is 5.56 Å². The largest absolute Gasteiger partial charge is 0.397 e. The molecule has 1 heterocycles. The number of carbonyl (C=O) groups is 1. The van der Waals surface area contributed by atoms with Crippen LogP contribution in [0.2, 0.25) is 0 Å². The van der Waals surface area contributed by atoms with Crippen molar-refractivity contribution in [3.8, 4) is 0 Å². The minimum absolute atomic E-state index is 0.405. The Balaban J connectivity index is 2.74. The highest BCUT2D eigenvalue weighted by Gasteiger charge is 2.02. The Labute approximate surface area is 81.6 Å². The second-order valence-electron chi connectivity index (χ2n) is 3.08. The van der Waals surface area contributed by atoms with Gasteiger partial charge in [-0.15, -0.1) is 0 Å². The summed E-state index contributed by atoms with van der Waals surface area (Å²) in [6.45, 7) is 0. The standard InChI is InChI=1S/C11H10N2O/c12-10-3-1-2-9-8(5-7-14)4-6-13-11(9)10/h1-4,6-7H,5,12H2. The summed E-state index contributed by atoms with van der Waals surface area (Å²) in [5, 5.41) is 0.958. The molecule has 2 N–H and O–H groups in total. The molecule has 0 atom stereocenters. The molecular weight excluding hydrogens is 176 g/mol. The minimum Gasteiger partial charge on any atom is -0.397 e. The van der Waals surface area contributed by atoms with Crippen molar-refractivity contribution >= 4 is 22.9 Å². The van der Waals surface area contributed by atoms with Crippen molar-refractivity contribution in [1.82, 2.24) is 4.98 Å². The summed E-state index contributed by atoms with van der Waals surface area (Å²) < 4.78 is 0. The third-order valence-corrected chi connectivity index (χ3v) is 2.20. The van der Waals surface area contributed by atoms with Gasteiger partial charge in [-0.05, 0) is 17.7 Å². The number of nitrogen functional groups attached to an aromatic ring is 1. The maximum Gasteiger partial charge on any atom is 0.124 e. The van der Waals surface area contributed by atoms with Crippen LogP contribution in [-0.2, 0) is 11.2 Å². The first-order chi connectivity index (χ1) is 6.83. The Bertz CT molecular complexity index is 480. The van der Waals surface area contributed by atoms with E-state index < -0.39 is 0 Å². The number of benzene rings is 1. The second kappa shape index (κ2) is 3.46. The average Bonchev–Trinajstić information content (AvgIpc) is 2.20. The maximum absolute atomic E-state index is 10.5. The molecule has 0 radical (unpaired) electrons. The van der Waals surface area contributed by atoms with Crippen molar-refractivity contribution in [3.63, 3.8) is 0 Å². The number of hydrogen-bond donors (Lipinski definition) is 1. The zero-order valence-electron chi connectivity index (χ0n) is 7.60. The van der Waals surface area contributed by atoms with E-state index >= 15 is 0 Å². The van der Waals surface area contributed by atoms with E-state index in [0.29, 0.717) is 12.1 Å². The highest BCUT2D eigenvalue weighted by Crippen LogP contribution is 2.21. The summed E-state index contributed by atoms with van der Waals surface area (Å²) in [4.78, 5) is 14.6. The highest BCUT2D eigenvalue weighted by molar-refractivity contribution is 5.92. The Morgan fingerprint density at radius 3 is 3.00 bits per heavy atom. The van der Waals surface area contributed by atoms with Gasteiger partial charge >= 0.3 is 0 Å². The smallest absolute Gasteiger partial charge is 0.124 e. The van der Waals surface area contributed by atoms with Crippen molar-refractivity contribution in [2.24, 2.45) is 0 Å². The number of hydrogen-bond acceptors (Lipinski definition) is 3. The van der Waals surface area contributed by atoms with E-state index in [1.807, 2.05) is 18.2 Å². The monoisotopic (exact) mass is 186 g/mol. The van der Waals surface area contributed by atoms with Crippen LogP contribution in [0.15, 0.2) is 30.5 Å². The molecule has 70 valence electrons. The molecule has 0 amide bonds. The van der Waals surface area contributed by atoms with Gasteiger partial charge in [0.25, 0.3) is 0 Å². The van der Waals surface area contributed by atoms with Crippen LogP contribution in [0, 0.1) is 0 Å². The SMILES string of the molecule is Nc1cccc2c(CC=O)ccnc12. The maximum atomic E-state index is 10.5. The van der Waals surface area contributed by atoms with Crippen molar-refractivity contribution in [1.29, 1.82) is 0 Å². The van der Waals surface area contributed by atoms with E-state index in [1.165, 1.54) is 0 Å². The average molecular weight is 186 g/mol. The molecule has 0 aliphatic heterocycles. The Morgan fingerprint density at radius 2 is 2.21 bits per heavy atom. The van der Waals surface area contributed by atoms with Crippen LogP contribution in [-0.4, -0.2) is 11.3 Å². The number of carbonyl (C=O) groups excluding carboxylic acids is 1. The van der Waals surface area contributed by atoms with Crippen molar-refractivity contribution in [2.45, 2.75) is 6.42 Å². The number of aromatic nitrogens is 1. The Kier molecular flexibility index (Phi) is 2.14. The summed E-state index contributed by atoms with van der Waals surface area (Å²) in [5.74, 6) is 0. The van der Waals surface area contributed by atoms with E-state index in [9.17, 15) is 4.79 Å². The molecule has 3 nitrogen and oxygen atoms in total. The number of nitrogens with two attached hydrogens (primary N) is 1. The number of para-hydroxylation sites is 1. The molecule has 0 spiro atoms. The van der Waals surface area contributed by atoms with Crippen LogP contribution in [0.4, 0.5) is 5.69 Å². The lowest BCUT2D eigenvalue weighted by Crippen LogP contribution is -1.93. The fourth-order valence-corrected chi connectivity index (χ4v) is 1.52. The molecule has 3 heteroatoms. The minimum atomic E-state index is 0.405. The van der Waals surface area contributed by atoms with Gasteiger partial charge in [0.15, 0.2) is 0 Å². The van der Waals surface area contributed by atoms with Gasteiger partial charge in [0.05, 0.1) is 11.2 Å². The number of aldehydes is 1. The molecule has 1 aromatic heterocycles. The molecule has 0 unspecified atom stereocenters. The molecule has 0 saturated carbocycles. The number of pyridine rings is 1. The number of nitrogens with zero attached hydrogens (tertiary/aromatic N) is 1. The molecule has 0 bridgehead atoms. The first kappa shape index (κ1) is 8.69. The van der Waals surface area contributed by atoms with Crippen molar-refractivity contribution < 1.29 is 4.79 Å². The predicted octanol–water partition coefficient (Wildman–Crippen LogP) is 1.56. The summed E-state index contributed by atoms with van der Waals surface area (Å²) in [5.41, 5.74) is 8.16. The van der Waals surface area contributed by atoms with E-state index in [-0.39, 0.29) is 0 Å². The van der Waals surface area contributed by atoms with Crippen LogP contribution in [0.3, 0.4) is 0 Å². The lowest BCUT2D eigenvalue weighted by Gasteiger charge is -2.04. The van der Waals surface area contributed by atoms with Crippen molar-refractivity contribution in [3.05, 3.63) is 36.0 Å². The topological polar surface area (TPSA) is 56.0 Å². The van der Waals surface area contributed by atoms with Crippen LogP contribution < -0.4 is 5.73 Å². The lowest BCUT2D eigenvalue weighted by atomic mass is 10.1. The fraction of sp³-hybridized carbons (Fsp3) is 0.0909. The van der Waals surface area contributed by atoms with Gasteiger partial charge in [-0.1, -0.05) is 12.1 Å². The molecule has 0 aliphatic carbocycles. The van der Waals surface area contributed by atoms with Crippen LogP contribution in [0.25, 0.3) is 10.9 Å². The van der Waals surface area contributed by atoms with E-state index in [4.69, 9.17) is 5.73 Å². The normalized spacial score (nSPS) is 10.3. The Hall–Kier alpha value is -1.90. The summed E-state index contributed by atoms with van der Waals surface area (Å²) >= 11 is 0. The van der Waals surface area contributed by atoms with Gasteiger partial charge < -0.3 is 10.5 Å². The van der Waals surface area contributed by atoms with Gasteiger partial charge in [0.1, 0.15) is 6.29 Å². The second-order valence-corrected chi connectivity index (χ2v) is 3.08. The van der Waals surface area contributed by atoms with Crippen molar-refractivity contribution in [2.75, 3.05) is 5.73 Å².